The number of rotatable bonds is 4. The van der Waals surface area contributed by atoms with E-state index in [1.165, 1.54) is 24.3 Å². The molecule has 1 fully saturated rings. The van der Waals surface area contributed by atoms with Crippen molar-refractivity contribution in [2.75, 3.05) is 13.2 Å². The maximum absolute atomic E-state index is 13.8. The number of hydrogen-bond acceptors (Lipinski definition) is 5. The molecule has 0 aromatic heterocycles. The van der Waals surface area contributed by atoms with E-state index in [9.17, 15) is 17.6 Å². The Balaban J connectivity index is 1.48. The average molecular weight is 391 g/mol. The monoisotopic (exact) mass is 391 g/mol. The van der Waals surface area contributed by atoms with Crippen LogP contribution in [0.25, 0.3) is 0 Å². The van der Waals surface area contributed by atoms with E-state index in [0.29, 0.717) is 43.1 Å². The Hall–Kier alpha value is -2.61. The molecule has 2 aliphatic rings. The Labute approximate surface area is 156 Å². The van der Waals surface area contributed by atoms with Gasteiger partial charge in [0.2, 0.25) is 5.91 Å². The van der Waals surface area contributed by atoms with Gasteiger partial charge in [-0.1, -0.05) is 18.2 Å². The highest BCUT2D eigenvalue weighted by atomic mass is 32.2. The van der Waals surface area contributed by atoms with E-state index >= 15 is 0 Å². The molecule has 2 unspecified atom stereocenters. The molecule has 6 nitrogen and oxygen atoms in total. The SMILES string of the molecule is O=C(NS(=O)(=O)c1ccc2c(c1)OCCCO2)C1CC1c1ccccc1F. The second-order valence-corrected chi connectivity index (χ2v) is 8.28. The first-order chi connectivity index (χ1) is 13.0. The number of halogens is 1. The van der Waals surface area contributed by atoms with Crippen LogP contribution in [0.5, 0.6) is 11.5 Å². The molecule has 1 aliphatic carbocycles. The lowest BCUT2D eigenvalue weighted by Crippen LogP contribution is -2.32. The Morgan fingerprint density at radius 2 is 1.81 bits per heavy atom. The molecule has 2 aromatic carbocycles. The van der Waals surface area contributed by atoms with Gasteiger partial charge in [-0.05, 0) is 36.1 Å². The fourth-order valence-corrected chi connectivity index (χ4v) is 4.23. The van der Waals surface area contributed by atoms with Gasteiger partial charge in [-0.15, -0.1) is 0 Å². The number of sulfonamides is 1. The van der Waals surface area contributed by atoms with Crippen molar-refractivity contribution in [2.45, 2.75) is 23.7 Å². The van der Waals surface area contributed by atoms with Gasteiger partial charge in [0.05, 0.1) is 18.1 Å². The number of hydrogen-bond donors (Lipinski definition) is 1. The molecule has 0 bridgehead atoms. The maximum Gasteiger partial charge on any atom is 0.264 e. The van der Waals surface area contributed by atoms with Crippen molar-refractivity contribution in [3.63, 3.8) is 0 Å². The summed E-state index contributed by atoms with van der Waals surface area (Å²) in [5, 5.41) is 0. The Bertz CT molecular complexity index is 991. The van der Waals surface area contributed by atoms with E-state index in [2.05, 4.69) is 4.72 Å². The van der Waals surface area contributed by atoms with E-state index in [1.54, 1.807) is 18.2 Å². The normalized spacial score (nSPS) is 21.2. The first-order valence-corrected chi connectivity index (χ1v) is 10.1. The lowest BCUT2D eigenvalue weighted by Gasteiger charge is -2.11. The summed E-state index contributed by atoms with van der Waals surface area (Å²) < 4.78 is 52.0. The zero-order valence-electron chi connectivity index (χ0n) is 14.4. The van der Waals surface area contributed by atoms with Crippen LogP contribution in [0.2, 0.25) is 0 Å². The Kier molecular flexibility index (Phi) is 4.51. The number of nitrogens with one attached hydrogen (secondary N) is 1. The van der Waals surface area contributed by atoms with Crippen LogP contribution in [0.15, 0.2) is 47.4 Å². The minimum Gasteiger partial charge on any atom is -0.490 e. The summed E-state index contributed by atoms with van der Waals surface area (Å²) >= 11 is 0. The molecule has 1 aliphatic heterocycles. The van der Waals surface area contributed by atoms with Gasteiger partial charge in [0, 0.05) is 18.4 Å². The Morgan fingerprint density at radius 3 is 2.59 bits per heavy atom. The van der Waals surface area contributed by atoms with Gasteiger partial charge in [0.1, 0.15) is 5.82 Å². The van der Waals surface area contributed by atoms with Crippen LogP contribution in [0.1, 0.15) is 24.3 Å². The van der Waals surface area contributed by atoms with Crippen LogP contribution < -0.4 is 14.2 Å². The molecule has 0 saturated heterocycles. The molecule has 2 aromatic rings. The van der Waals surface area contributed by atoms with Crippen LogP contribution >= 0.6 is 0 Å². The second-order valence-electron chi connectivity index (χ2n) is 6.60. The highest BCUT2D eigenvalue weighted by Gasteiger charge is 2.46. The van der Waals surface area contributed by atoms with E-state index in [1.807, 2.05) is 0 Å². The number of ether oxygens (including phenoxy) is 2. The predicted molar refractivity (Wildman–Crippen MR) is 94.6 cm³/mol. The van der Waals surface area contributed by atoms with Crippen molar-refractivity contribution in [2.24, 2.45) is 5.92 Å². The van der Waals surface area contributed by atoms with Gasteiger partial charge < -0.3 is 9.47 Å². The molecule has 142 valence electrons. The summed E-state index contributed by atoms with van der Waals surface area (Å²) in [6, 6.07) is 10.4. The largest absolute Gasteiger partial charge is 0.490 e. The van der Waals surface area contributed by atoms with Gasteiger partial charge in [0.15, 0.2) is 11.5 Å². The van der Waals surface area contributed by atoms with Crippen molar-refractivity contribution in [1.82, 2.24) is 4.72 Å². The molecular weight excluding hydrogens is 373 g/mol. The van der Waals surface area contributed by atoms with Crippen LogP contribution in [-0.2, 0) is 14.8 Å². The van der Waals surface area contributed by atoms with Crippen LogP contribution in [0, 0.1) is 11.7 Å². The first-order valence-electron chi connectivity index (χ1n) is 8.66. The van der Waals surface area contributed by atoms with Crippen LogP contribution in [0.4, 0.5) is 4.39 Å². The summed E-state index contributed by atoms with van der Waals surface area (Å²) in [5.74, 6) is -1.07. The second kappa shape index (κ2) is 6.84. The van der Waals surface area contributed by atoms with Crippen molar-refractivity contribution in [3.05, 3.63) is 53.8 Å². The number of carbonyl (C=O) groups excluding carboxylic acids is 1. The van der Waals surface area contributed by atoms with Gasteiger partial charge in [-0.2, -0.15) is 0 Å². The van der Waals surface area contributed by atoms with Gasteiger partial charge in [0.25, 0.3) is 10.0 Å². The maximum atomic E-state index is 13.8. The van der Waals surface area contributed by atoms with Gasteiger partial charge >= 0.3 is 0 Å². The van der Waals surface area contributed by atoms with E-state index in [0.717, 1.165) is 0 Å². The molecule has 1 saturated carbocycles. The molecule has 2 atom stereocenters. The standard InChI is InChI=1S/C19H18FNO5S/c20-16-5-2-1-4-13(16)14-11-15(14)19(22)21-27(23,24)12-6-7-17-18(10-12)26-9-3-8-25-17/h1-2,4-7,10,14-15H,3,8-9,11H2,(H,21,22). The molecule has 0 spiro atoms. The summed E-state index contributed by atoms with van der Waals surface area (Å²) in [6.07, 6.45) is 1.12. The summed E-state index contributed by atoms with van der Waals surface area (Å²) in [7, 11) is -4.05. The highest BCUT2D eigenvalue weighted by Crippen LogP contribution is 2.48. The number of fused-ring (bicyclic) bond motifs is 1. The zero-order valence-corrected chi connectivity index (χ0v) is 15.2. The zero-order chi connectivity index (χ0) is 19.0. The van der Waals surface area contributed by atoms with Gasteiger partial charge in [-0.3, -0.25) is 4.79 Å². The smallest absolute Gasteiger partial charge is 0.264 e. The number of carbonyl (C=O) groups is 1. The lowest BCUT2D eigenvalue weighted by atomic mass is 10.1. The lowest BCUT2D eigenvalue weighted by molar-refractivity contribution is -0.120. The molecule has 4 rings (SSSR count). The molecule has 0 radical (unpaired) electrons. The van der Waals surface area contributed by atoms with Crippen molar-refractivity contribution >= 4 is 15.9 Å². The molecule has 1 amide bonds. The molecule has 27 heavy (non-hydrogen) atoms. The first kappa shape index (κ1) is 17.8. The molecule has 8 heteroatoms. The average Bonchev–Trinajstić information content (AvgIpc) is 3.45. The quantitative estimate of drug-likeness (QED) is 0.866. The van der Waals surface area contributed by atoms with Gasteiger partial charge in [-0.25, -0.2) is 17.5 Å². The van der Waals surface area contributed by atoms with Crippen LogP contribution in [0.3, 0.4) is 0 Å². The predicted octanol–water partition coefficient (Wildman–Crippen LogP) is 2.60. The minimum atomic E-state index is -4.05. The van der Waals surface area contributed by atoms with Crippen LogP contribution in [-0.4, -0.2) is 27.5 Å². The minimum absolute atomic E-state index is 0.0804. The highest BCUT2D eigenvalue weighted by molar-refractivity contribution is 7.90. The number of amides is 1. The fourth-order valence-electron chi connectivity index (χ4n) is 3.18. The summed E-state index contributed by atoms with van der Waals surface area (Å²) in [4.78, 5) is 12.3. The van der Waals surface area contributed by atoms with Crippen molar-refractivity contribution in [1.29, 1.82) is 0 Å². The fraction of sp³-hybridized carbons (Fsp3) is 0.316. The van der Waals surface area contributed by atoms with Crippen molar-refractivity contribution in [3.8, 4) is 11.5 Å². The third kappa shape index (κ3) is 3.62. The third-order valence-electron chi connectivity index (χ3n) is 4.70. The molecule has 1 heterocycles. The molecule has 1 N–H and O–H groups in total. The Morgan fingerprint density at radius 1 is 1.07 bits per heavy atom. The van der Waals surface area contributed by atoms with E-state index < -0.39 is 21.8 Å². The number of benzene rings is 2. The summed E-state index contributed by atoms with van der Waals surface area (Å²) in [6.45, 7) is 0.921. The van der Waals surface area contributed by atoms with Crippen molar-refractivity contribution < 1.29 is 27.1 Å². The van der Waals surface area contributed by atoms with E-state index in [-0.39, 0.29) is 16.6 Å². The third-order valence-corrected chi connectivity index (χ3v) is 6.04. The van der Waals surface area contributed by atoms with E-state index in [4.69, 9.17) is 9.47 Å². The topological polar surface area (TPSA) is 81.7 Å². The summed E-state index contributed by atoms with van der Waals surface area (Å²) in [5.41, 5.74) is 0.436. The molecular formula is C19H18FNO5S.